The maximum Gasteiger partial charge on any atom is 0.317 e. The molecule has 1 N–H and O–H groups in total. The normalized spacial score (nSPS) is 16.4. The van der Waals surface area contributed by atoms with Crippen LogP contribution in [0.4, 0.5) is 4.79 Å². The predicted octanol–water partition coefficient (Wildman–Crippen LogP) is 3.25. The fourth-order valence-corrected chi connectivity index (χ4v) is 3.86. The zero-order chi connectivity index (χ0) is 18.4. The third-order valence-corrected chi connectivity index (χ3v) is 5.48. The van der Waals surface area contributed by atoms with Gasteiger partial charge < -0.3 is 19.4 Å². The Morgan fingerprint density at radius 1 is 1.35 bits per heavy atom. The highest BCUT2D eigenvalue weighted by Crippen LogP contribution is 2.23. The third-order valence-electron chi connectivity index (χ3n) is 4.62. The van der Waals surface area contributed by atoms with Crippen LogP contribution in [0.5, 0.6) is 0 Å². The van der Waals surface area contributed by atoms with E-state index in [2.05, 4.69) is 16.3 Å². The van der Waals surface area contributed by atoms with E-state index in [1.54, 1.807) is 11.3 Å². The van der Waals surface area contributed by atoms with Crippen molar-refractivity contribution in [3.05, 3.63) is 46.0 Å². The highest BCUT2D eigenvalue weighted by Gasteiger charge is 2.26. The Morgan fingerprint density at radius 3 is 2.77 bits per heavy atom. The average molecular weight is 378 g/mol. The van der Waals surface area contributed by atoms with E-state index in [-0.39, 0.29) is 12.1 Å². The number of urea groups is 1. The molecular formula is C19H27N3O3S. The second kappa shape index (κ2) is 9.21. The zero-order valence-electron chi connectivity index (χ0n) is 15.4. The monoisotopic (exact) mass is 377 g/mol. The summed E-state index contributed by atoms with van der Waals surface area (Å²) >= 11 is 1.67. The third kappa shape index (κ3) is 4.87. The van der Waals surface area contributed by atoms with Crippen molar-refractivity contribution in [3.8, 4) is 0 Å². The number of thiophene rings is 1. The van der Waals surface area contributed by atoms with E-state index in [9.17, 15) is 4.79 Å². The summed E-state index contributed by atoms with van der Waals surface area (Å²) in [5, 5.41) is 5.14. The molecule has 3 heterocycles. The van der Waals surface area contributed by atoms with Crippen LogP contribution in [0.3, 0.4) is 0 Å². The van der Waals surface area contributed by atoms with Crippen molar-refractivity contribution in [2.24, 2.45) is 0 Å². The van der Waals surface area contributed by atoms with Crippen molar-refractivity contribution in [1.29, 1.82) is 0 Å². The van der Waals surface area contributed by atoms with Crippen LogP contribution in [0.2, 0.25) is 0 Å². The van der Waals surface area contributed by atoms with Crippen molar-refractivity contribution in [2.45, 2.75) is 26.4 Å². The fraction of sp³-hybridized carbons (Fsp3) is 0.526. The van der Waals surface area contributed by atoms with E-state index in [0.717, 1.165) is 24.6 Å². The van der Waals surface area contributed by atoms with Gasteiger partial charge in [-0.3, -0.25) is 4.90 Å². The largest absolute Gasteiger partial charge is 0.465 e. The van der Waals surface area contributed by atoms with Crippen molar-refractivity contribution < 1.29 is 13.9 Å². The first-order valence-corrected chi connectivity index (χ1v) is 9.98. The van der Waals surface area contributed by atoms with Gasteiger partial charge in [0.05, 0.1) is 25.8 Å². The van der Waals surface area contributed by atoms with Crippen molar-refractivity contribution in [2.75, 3.05) is 39.4 Å². The van der Waals surface area contributed by atoms with Crippen LogP contribution in [0.25, 0.3) is 0 Å². The first-order valence-electron chi connectivity index (χ1n) is 9.10. The minimum absolute atomic E-state index is 0.0250. The molecule has 3 rings (SSSR count). The van der Waals surface area contributed by atoms with Gasteiger partial charge in [0, 0.05) is 31.1 Å². The number of aryl methyl sites for hydroxylation is 1. The van der Waals surface area contributed by atoms with Gasteiger partial charge in [-0.2, -0.15) is 0 Å². The molecule has 0 aliphatic carbocycles. The van der Waals surface area contributed by atoms with Crippen molar-refractivity contribution in [3.63, 3.8) is 0 Å². The molecule has 26 heavy (non-hydrogen) atoms. The van der Waals surface area contributed by atoms with Crippen LogP contribution < -0.4 is 5.32 Å². The van der Waals surface area contributed by atoms with Gasteiger partial charge in [-0.1, -0.05) is 6.07 Å². The molecule has 0 spiro atoms. The van der Waals surface area contributed by atoms with Gasteiger partial charge in [0.25, 0.3) is 0 Å². The number of nitrogens with zero attached hydrogens (tertiary/aromatic N) is 2. The van der Waals surface area contributed by atoms with E-state index in [1.165, 1.54) is 4.88 Å². The molecule has 1 fully saturated rings. The maximum absolute atomic E-state index is 12.7. The molecule has 1 unspecified atom stereocenters. The Labute approximate surface area is 158 Å². The Bertz CT molecular complexity index is 680. The van der Waals surface area contributed by atoms with Gasteiger partial charge in [-0.15, -0.1) is 11.3 Å². The number of carbonyl (C=O) groups is 1. The maximum atomic E-state index is 12.7. The number of carbonyl (C=O) groups excluding carboxylic acids is 1. The highest BCUT2D eigenvalue weighted by atomic mass is 32.1. The lowest BCUT2D eigenvalue weighted by Crippen LogP contribution is -2.46. The topological polar surface area (TPSA) is 58.0 Å². The molecule has 0 aromatic carbocycles. The van der Waals surface area contributed by atoms with Crippen LogP contribution in [-0.2, 0) is 11.3 Å². The number of hydrogen-bond donors (Lipinski definition) is 1. The number of ether oxygens (including phenoxy) is 1. The lowest BCUT2D eigenvalue weighted by atomic mass is 10.1. The lowest BCUT2D eigenvalue weighted by molar-refractivity contribution is 0.0119. The molecule has 2 aromatic heterocycles. The molecule has 0 radical (unpaired) electrons. The van der Waals surface area contributed by atoms with Gasteiger partial charge in [0.15, 0.2) is 0 Å². The molecule has 7 heteroatoms. The Morgan fingerprint density at radius 2 is 2.15 bits per heavy atom. The number of nitrogens with one attached hydrogen (secondary N) is 1. The fourth-order valence-electron chi connectivity index (χ4n) is 3.14. The molecule has 6 nitrogen and oxygen atoms in total. The Kier molecular flexibility index (Phi) is 6.71. The summed E-state index contributed by atoms with van der Waals surface area (Å²) in [4.78, 5) is 18.0. The van der Waals surface area contributed by atoms with Crippen LogP contribution in [-0.4, -0.2) is 55.2 Å². The lowest BCUT2D eigenvalue weighted by Gasteiger charge is -2.34. The average Bonchev–Trinajstić information content (AvgIpc) is 3.32. The van der Waals surface area contributed by atoms with E-state index < -0.39 is 0 Å². The minimum Gasteiger partial charge on any atom is -0.465 e. The summed E-state index contributed by atoms with van der Waals surface area (Å²) in [6.45, 7) is 8.88. The molecule has 142 valence electrons. The van der Waals surface area contributed by atoms with Crippen LogP contribution in [0.15, 0.2) is 34.1 Å². The Hall–Kier alpha value is -1.83. The number of furan rings is 1. The molecular weight excluding hydrogens is 350 g/mol. The molecule has 0 bridgehead atoms. The standard InChI is InChI=1S/C19H27N3O3S/c1-3-21(14-16-5-4-12-26-16)19(23)20-13-17(18-7-6-15(2)25-18)22-8-10-24-11-9-22/h4-7,12,17H,3,8-11,13-14H2,1-2H3,(H,20,23). The summed E-state index contributed by atoms with van der Waals surface area (Å²) in [6, 6.07) is 8.03. The summed E-state index contributed by atoms with van der Waals surface area (Å²) < 4.78 is 11.3. The van der Waals surface area contributed by atoms with Crippen molar-refractivity contribution >= 4 is 17.4 Å². The van der Waals surface area contributed by atoms with E-state index in [0.29, 0.717) is 32.8 Å². The molecule has 1 aliphatic rings. The quantitative estimate of drug-likeness (QED) is 0.805. The molecule has 1 atom stereocenters. The smallest absolute Gasteiger partial charge is 0.317 e. The van der Waals surface area contributed by atoms with E-state index in [4.69, 9.17) is 9.15 Å². The van der Waals surface area contributed by atoms with Crippen molar-refractivity contribution in [1.82, 2.24) is 15.1 Å². The molecule has 2 aromatic rings. The number of rotatable bonds is 7. The summed E-state index contributed by atoms with van der Waals surface area (Å²) in [5.74, 6) is 1.78. The van der Waals surface area contributed by atoms with Gasteiger partial charge in [-0.05, 0) is 37.4 Å². The van der Waals surface area contributed by atoms with Gasteiger partial charge in [-0.25, -0.2) is 4.79 Å². The Balaban J connectivity index is 1.63. The number of morpholine rings is 1. The summed E-state index contributed by atoms with van der Waals surface area (Å²) in [6.07, 6.45) is 0. The second-order valence-corrected chi connectivity index (χ2v) is 7.42. The minimum atomic E-state index is -0.0394. The van der Waals surface area contributed by atoms with Gasteiger partial charge >= 0.3 is 6.03 Å². The second-order valence-electron chi connectivity index (χ2n) is 6.39. The predicted molar refractivity (Wildman–Crippen MR) is 102 cm³/mol. The first-order chi connectivity index (χ1) is 12.7. The molecule has 0 saturated carbocycles. The number of amides is 2. The van der Waals surface area contributed by atoms with Crippen LogP contribution in [0.1, 0.15) is 29.4 Å². The van der Waals surface area contributed by atoms with E-state index >= 15 is 0 Å². The molecule has 1 saturated heterocycles. The SMILES string of the molecule is CCN(Cc1cccs1)C(=O)NCC(c1ccc(C)o1)N1CCOCC1. The highest BCUT2D eigenvalue weighted by molar-refractivity contribution is 7.09. The van der Waals surface area contributed by atoms with Crippen LogP contribution in [0, 0.1) is 6.92 Å². The molecule has 1 aliphatic heterocycles. The van der Waals surface area contributed by atoms with Gasteiger partial charge in [0.2, 0.25) is 0 Å². The molecule has 2 amide bonds. The zero-order valence-corrected chi connectivity index (χ0v) is 16.3. The van der Waals surface area contributed by atoms with Gasteiger partial charge in [0.1, 0.15) is 11.5 Å². The summed E-state index contributed by atoms with van der Waals surface area (Å²) in [7, 11) is 0. The van der Waals surface area contributed by atoms with E-state index in [1.807, 2.05) is 42.3 Å². The first kappa shape index (κ1) is 18.9. The van der Waals surface area contributed by atoms with Crippen LogP contribution >= 0.6 is 11.3 Å². The number of hydrogen-bond acceptors (Lipinski definition) is 5. The summed E-state index contributed by atoms with van der Waals surface area (Å²) in [5.41, 5.74) is 0.